The summed E-state index contributed by atoms with van der Waals surface area (Å²) in [5, 5.41) is 25.2. The Bertz CT molecular complexity index is 1740. The van der Waals surface area contributed by atoms with Gasteiger partial charge in [0.2, 0.25) is 5.91 Å². The maximum absolute atomic E-state index is 14.0. The van der Waals surface area contributed by atoms with Crippen LogP contribution in [0.25, 0.3) is 11.1 Å². The van der Waals surface area contributed by atoms with Crippen LogP contribution in [0, 0.1) is 23.7 Å². The first kappa shape index (κ1) is 29.1. The first-order valence-corrected chi connectivity index (χ1v) is 14.0. The maximum Gasteiger partial charge on any atom is 0.291 e. The summed E-state index contributed by atoms with van der Waals surface area (Å²) in [5.41, 5.74) is 4.73. The van der Waals surface area contributed by atoms with Gasteiger partial charge in [0, 0.05) is 11.6 Å². The molecule has 226 valence electrons. The molecule has 5 N–H and O–H groups in total. The zero-order valence-corrected chi connectivity index (χ0v) is 23.8. The number of nitrogens with one attached hydrogen (secondary N) is 1. The fourth-order valence-corrected chi connectivity index (χ4v) is 7.21. The number of hydrogen-bond donors (Lipinski definition) is 4. The number of nitrogens with zero attached hydrogens (tertiary/aromatic N) is 1. The molecule has 2 fully saturated rings. The number of furan rings is 1. The van der Waals surface area contributed by atoms with E-state index in [1.807, 2.05) is 0 Å². The molecular formula is C32H29N3O9. The first-order valence-electron chi connectivity index (χ1n) is 14.0. The lowest BCUT2D eigenvalue weighted by atomic mass is 9.52. The monoisotopic (exact) mass is 599 g/mol. The number of hydrogen-bond acceptors (Lipinski definition) is 10. The van der Waals surface area contributed by atoms with Gasteiger partial charge in [-0.25, -0.2) is 0 Å². The number of ketones is 4. The molecule has 2 amide bonds. The van der Waals surface area contributed by atoms with Crippen LogP contribution in [0.4, 0.5) is 5.69 Å². The summed E-state index contributed by atoms with van der Waals surface area (Å²) in [4.78, 5) is 80.5. The molecule has 44 heavy (non-hydrogen) atoms. The predicted octanol–water partition coefficient (Wildman–Crippen LogP) is 1.38. The number of phenols is 1. The molecule has 3 aromatic rings. The molecule has 0 aliphatic heterocycles. The Morgan fingerprint density at radius 3 is 2.34 bits per heavy atom. The number of phenolic OH excluding ortho intramolecular Hbond substituents is 1. The minimum absolute atomic E-state index is 0.0449. The first-order chi connectivity index (χ1) is 20.9. The van der Waals surface area contributed by atoms with E-state index in [4.69, 9.17) is 10.2 Å². The van der Waals surface area contributed by atoms with Crippen molar-refractivity contribution in [2.45, 2.75) is 24.5 Å². The summed E-state index contributed by atoms with van der Waals surface area (Å²) in [6.07, 6.45) is 1.48. The summed E-state index contributed by atoms with van der Waals surface area (Å²) in [6, 6.07) is 11.7. The molecule has 1 aromatic heterocycles. The van der Waals surface area contributed by atoms with Crippen LogP contribution in [0.5, 0.6) is 5.75 Å². The van der Waals surface area contributed by atoms with Crippen molar-refractivity contribution in [3.05, 3.63) is 71.7 Å². The number of benzene rings is 2. The van der Waals surface area contributed by atoms with Crippen molar-refractivity contribution in [2.24, 2.45) is 29.4 Å². The SMILES string of the molecule is CN(C)[C@@H]1C(=O)C(C(N)=O)C(=O)[C@@]2(O)C(=O)C3C(=O)c4c(O)ccc(-c5ccc(NC(=O)c6ccco6)cc5)c4C[C@H]3C[C@@H]12. The number of nitrogens with two attached hydrogens (primary N) is 1. The fraction of sp³-hybridized carbons (Fsp3) is 0.312. The number of aliphatic hydroxyl groups is 1. The average Bonchev–Trinajstić information content (AvgIpc) is 3.51. The fourth-order valence-electron chi connectivity index (χ4n) is 7.21. The second kappa shape index (κ2) is 10.4. The smallest absolute Gasteiger partial charge is 0.291 e. The molecule has 0 radical (unpaired) electrons. The molecule has 6 atom stereocenters. The Labute approximate surface area is 250 Å². The highest BCUT2D eigenvalue weighted by Crippen LogP contribution is 2.51. The molecule has 6 rings (SSSR count). The van der Waals surface area contributed by atoms with Gasteiger partial charge in [-0.1, -0.05) is 18.2 Å². The number of fused-ring (bicyclic) bond motifs is 3. The molecular weight excluding hydrogens is 570 g/mol. The van der Waals surface area contributed by atoms with Crippen LogP contribution < -0.4 is 11.1 Å². The standard InChI is InChI=1S/C32H29N3O9/c1-35(2)25-19-13-15-12-18-17(14-5-7-16(8-6-14)34-31(42)21-4-3-11-44-21)9-10-20(36)23(18)26(37)22(15)28(39)32(19,43)29(40)24(27(25)38)30(33)41/h3-11,15,19,22,24-25,36,43H,12-13H2,1-2H3,(H2,33,41)(H,34,42)/t15-,19-,22?,24?,25-,32-/m0/s1. The van der Waals surface area contributed by atoms with Gasteiger partial charge in [-0.15, -0.1) is 0 Å². The zero-order chi connectivity index (χ0) is 31.7. The molecule has 12 heteroatoms. The van der Waals surface area contributed by atoms with Gasteiger partial charge in [-0.3, -0.25) is 33.7 Å². The lowest BCUT2D eigenvalue weighted by molar-refractivity contribution is -0.181. The quantitative estimate of drug-likeness (QED) is 0.311. The van der Waals surface area contributed by atoms with Crippen LogP contribution in [-0.2, 0) is 25.6 Å². The Hall–Kier alpha value is -4.94. The molecule has 2 saturated carbocycles. The molecule has 1 heterocycles. The second-order valence-corrected chi connectivity index (χ2v) is 11.8. The van der Waals surface area contributed by atoms with Gasteiger partial charge in [0.1, 0.15) is 5.75 Å². The summed E-state index contributed by atoms with van der Waals surface area (Å²) in [6.45, 7) is 0. The van der Waals surface area contributed by atoms with Crippen molar-refractivity contribution in [1.29, 1.82) is 0 Å². The largest absolute Gasteiger partial charge is 0.507 e. The number of rotatable bonds is 5. The zero-order valence-electron chi connectivity index (χ0n) is 23.8. The predicted molar refractivity (Wildman–Crippen MR) is 153 cm³/mol. The summed E-state index contributed by atoms with van der Waals surface area (Å²) >= 11 is 0. The van der Waals surface area contributed by atoms with Crippen LogP contribution in [0.3, 0.4) is 0 Å². The molecule has 2 aromatic carbocycles. The summed E-state index contributed by atoms with van der Waals surface area (Å²) in [5.74, 6) is -11.3. The van der Waals surface area contributed by atoms with Gasteiger partial charge in [-0.2, -0.15) is 0 Å². The van der Waals surface area contributed by atoms with E-state index in [1.165, 1.54) is 37.4 Å². The van der Waals surface area contributed by atoms with E-state index >= 15 is 0 Å². The Kier molecular flexibility index (Phi) is 6.86. The number of primary amides is 1. The van der Waals surface area contributed by atoms with Crippen LogP contribution in [0.15, 0.2) is 59.2 Å². The molecule has 0 spiro atoms. The third-order valence-electron chi connectivity index (χ3n) is 9.14. The van der Waals surface area contributed by atoms with Crippen LogP contribution >= 0.6 is 0 Å². The Morgan fingerprint density at radius 1 is 1.02 bits per heavy atom. The van der Waals surface area contributed by atoms with E-state index in [0.29, 0.717) is 22.4 Å². The van der Waals surface area contributed by atoms with Gasteiger partial charge in [0.05, 0.1) is 23.8 Å². The number of aromatic hydroxyl groups is 1. The van der Waals surface area contributed by atoms with Gasteiger partial charge < -0.3 is 25.7 Å². The van der Waals surface area contributed by atoms with Crippen molar-refractivity contribution < 1.29 is 43.4 Å². The van der Waals surface area contributed by atoms with Gasteiger partial charge in [0.25, 0.3) is 5.91 Å². The van der Waals surface area contributed by atoms with Crippen molar-refractivity contribution in [2.75, 3.05) is 19.4 Å². The normalized spacial score (nSPS) is 27.9. The lowest BCUT2D eigenvalue weighted by Crippen LogP contribution is -2.74. The number of likely N-dealkylation sites (N-methyl/N-ethyl adjacent to an activating group) is 1. The Morgan fingerprint density at radius 2 is 1.73 bits per heavy atom. The van der Waals surface area contributed by atoms with Gasteiger partial charge in [-0.05, 0) is 79.9 Å². The third kappa shape index (κ3) is 4.20. The lowest BCUT2D eigenvalue weighted by Gasteiger charge is -2.52. The summed E-state index contributed by atoms with van der Waals surface area (Å²) < 4.78 is 5.11. The molecule has 0 saturated heterocycles. The topological polar surface area (TPSA) is 197 Å². The summed E-state index contributed by atoms with van der Waals surface area (Å²) in [7, 11) is 3.07. The van der Waals surface area contributed by atoms with Gasteiger partial charge >= 0.3 is 0 Å². The van der Waals surface area contributed by atoms with E-state index in [0.717, 1.165) is 0 Å². The Balaban J connectivity index is 1.38. The second-order valence-electron chi connectivity index (χ2n) is 11.8. The van der Waals surface area contributed by atoms with E-state index < -0.39 is 70.3 Å². The average molecular weight is 600 g/mol. The molecule has 12 nitrogen and oxygen atoms in total. The van der Waals surface area contributed by atoms with Crippen LogP contribution in [-0.4, -0.2) is 75.8 Å². The molecule has 3 aliphatic carbocycles. The van der Waals surface area contributed by atoms with Crippen molar-refractivity contribution >= 4 is 40.6 Å². The highest BCUT2D eigenvalue weighted by atomic mass is 16.3. The van der Waals surface area contributed by atoms with E-state index in [-0.39, 0.29) is 29.9 Å². The van der Waals surface area contributed by atoms with Crippen molar-refractivity contribution in [3.63, 3.8) is 0 Å². The number of carbonyl (C=O) groups excluding carboxylic acids is 6. The van der Waals surface area contributed by atoms with E-state index in [2.05, 4.69) is 5.32 Å². The van der Waals surface area contributed by atoms with Crippen LogP contribution in [0.1, 0.15) is 32.9 Å². The number of Topliss-reactive ketones (excluding diaryl/α,β-unsaturated/α-hetero) is 4. The maximum atomic E-state index is 14.0. The van der Waals surface area contributed by atoms with Crippen molar-refractivity contribution in [3.8, 4) is 16.9 Å². The minimum Gasteiger partial charge on any atom is -0.507 e. The highest BCUT2D eigenvalue weighted by molar-refractivity contribution is 6.32. The van der Waals surface area contributed by atoms with E-state index in [9.17, 15) is 39.0 Å². The molecule has 0 bridgehead atoms. The molecule has 2 unspecified atom stereocenters. The molecule has 3 aliphatic rings. The van der Waals surface area contributed by atoms with Crippen molar-refractivity contribution in [1.82, 2.24) is 4.90 Å². The van der Waals surface area contributed by atoms with Gasteiger partial charge in [0.15, 0.2) is 40.4 Å². The van der Waals surface area contributed by atoms with Crippen LogP contribution in [0.2, 0.25) is 0 Å². The highest BCUT2D eigenvalue weighted by Gasteiger charge is 2.69. The number of carbonyl (C=O) groups is 6. The number of anilines is 1. The minimum atomic E-state index is -2.78. The number of amides is 2. The third-order valence-corrected chi connectivity index (χ3v) is 9.14. The van der Waals surface area contributed by atoms with E-state index in [1.54, 1.807) is 36.4 Å².